The molecule has 1 saturated heterocycles. The Morgan fingerprint density at radius 1 is 0.951 bits per heavy atom. The van der Waals surface area contributed by atoms with Gasteiger partial charge in [0.25, 0.3) is 0 Å². The molecule has 1 saturated carbocycles. The SMILES string of the molecule is CN(C=O)[C@@H]1[C@@H](O)[C@@H](O[C@@H]2[C@@H](O)[C@H](O[C@H]3OC(CNC=O)=CC[C@H]3NC=O)[C@@H](NC=O)C[C@H]2NC=O)OC[C@]1(C)O. The largest absolute Gasteiger partial charge is 0.465 e. The van der Waals surface area contributed by atoms with E-state index in [-0.39, 0.29) is 26.0 Å². The quantitative estimate of drug-likeness (QED) is 0.0894. The molecule has 0 aromatic heterocycles. The van der Waals surface area contributed by atoms with Crippen molar-refractivity contribution < 1.29 is 58.2 Å². The van der Waals surface area contributed by atoms with Crippen LogP contribution in [0, 0.1) is 0 Å². The number of likely N-dealkylation sites (N-methyl/N-ethyl adjacent to an activating group) is 1. The summed E-state index contributed by atoms with van der Waals surface area (Å²) in [7, 11) is 1.37. The number of aliphatic hydroxyl groups excluding tert-OH is 2. The molecule has 230 valence electrons. The number of carbonyl (C=O) groups excluding carboxylic acids is 5. The molecule has 1 aliphatic carbocycles. The van der Waals surface area contributed by atoms with Gasteiger partial charge in [0.1, 0.15) is 35.8 Å². The molecule has 11 atom stereocenters. The van der Waals surface area contributed by atoms with Crippen molar-refractivity contribution in [2.75, 3.05) is 20.2 Å². The van der Waals surface area contributed by atoms with Crippen molar-refractivity contribution in [1.29, 1.82) is 0 Å². The maximum Gasteiger partial charge on any atom is 0.220 e. The Morgan fingerprint density at radius 2 is 1.54 bits per heavy atom. The van der Waals surface area contributed by atoms with Crippen molar-refractivity contribution in [2.24, 2.45) is 0 Å². The first-order valence-electron chi connectivity index (χ1n) is 12.9. The van der Waals surface area contributed by atoms with Crippen molar-refractivity contribution in [3.8, 4) is 0 Å². The highest BCUT2D eigenvalue weighted by Gasteiger charge is 2.53. The molecule has 3 rings (SSSR count). The first-order chi connectivity index (χ1) is 19.6. The molecule has 0 spiro atoms. The van der Waals surface area contributed by atoms with Gasteiger partial charge in [-0.15, -0.1) is 0 Å². The van der Waals surface area contributed by atoms with Gasteiger partial charge in [0.2, 0.25) is 38.3 Å². The predicted molar refractivity (Wildman–Crippen MR) is 135 cm³/mol. The minimum atomic E-state index is -1.63. The van der Waals surface area contributed by atoms with Crippen LogP contribution in [0.4, 0.5) is 0 Å². The molecule has 0 aromatic carbocycles. The Kier molecular flexibility index (Phi) is 11.4. The molecule has 7 N–H and O–H groups in total. The van der Waals surface area contributed by atoms with E-state index in [0.29, 0.717) is 37.8 Å². The maximum absolute atomic E-state index is 11.5. The van der Waals surface area contributed by atoms with E-state index < -0.39 is 66.8 Å². The molecule has 0 aromatic rings. The van der Waals surface area contributed by atoms with E-state index in [1.54, 1.807) is 6.08 Å². The average molecular weight is 588 g/mol. The topological polar surface area (TPSA) is 234 Å². The predicted octanol–water partition coefficient (Wildman–Crippen LogP) is -4.83. The molecule has 5 amide bonds. The minimum absolute atomic E-state index is 0.00401. The number of hydrogen-bond acceptors (Lipinski definition) is 12. The molecular weight excluding hydrogens is 550 g/mol. The van der Waals surface area contributed by atoms with E-state index in [2.05, 4.69) is 21.3 Å². The molecule has 17 nitrogen and oxygen atoms in total. The Morgan fingerprint density at radius 3 is 2.10 bits per heavy atom. The first kappa shape index (κ1) is 32.2. The van der Waals surface area contributed by atoms with E-state index in [4.69, 9.17) is 18.9 Å². The molecule has 41 heavy (non-hydrogen) atoms. The zero-order valence-corrected chi connectivity index (χ0v) is 22.5. The van der Waals surface area contributed by atoms with E-state index in [9.17, 15) is 39.3 Å². The first-order valence-corrected chi connectivity index (χ1v) is 12.9. The summed E-state index contributed by atoms with van der Waals surface area (Å²) in [6.07, 6.45) is -4.25. The second kappa shape index (κ2) is 14.5. The van der Waals surface area contributed by atoms with Gasteiger partial charge in [0.05, 0.1) is 37.3 Å². The van der Waals surface area contributed by atoms with Crippen LogP contribution in [0.25, 0.3) is 0 Å². The Labute approximate surface area is 235 Å². The lowest BCUT2D eigenvalue weighted by Gasteiger charge is -2.50. The number of nitrogens with one attached hydrogen (secondary N) is 4. The number of aliphatic hydroxyl groups is 3. The third kappa shape index (κ3) is 7.49. The number of carbonyl (C=O) groups is 5. The van der Waals surface area contributed by atoms with Crippen LogP contribution in [-0.4, -0.2) is 139 Å². The molecule has 2 heterocycles. The normalized spacial score (nSPS) is 38.7. The van der Waals surface area contributed by atoms with Gasteiger partial charge in [0, 0.05) is 7.05 Å². The van der Waals surface area contributed by atoms with Gasteiger partial charge < -0.3 is 60.4 Å². The number of nitrogens with zero attached hydrogens (tertiary/aromatic N) is 1. The molecule has 17 heteroatoms. The number of amides is 5. The van der Waals surface area contributed by atoms with Gasteiger partial charge in [-0.3, -0.25) is 24.0 Å². The van der Waals surface area contributed by atoms with E-state index in [1.165, 1.54) is 14.0 Å². The molecule has 0 unspecified atom stereocenters. The number of ether oxygens (including phenoxy) is 4. The summed E-state index contributed by atoms with van der Waals surface area (Å²) in [6, 6.07) is -3.63. The second-order valence-electron chi connectivity index (χ2n) is 10.2. The summed E-state index contributed by atoms with van der Waals surface area (Å²) >= 11 is 0. The second-order valence-corrected chi connectivity index (χ2v) is 10.2. The van der Waals surface area contributed by atoms with E-state index in [1.807, 2.05) is 0 Å². The fourth-order valence-corrected chi connectivity index (χ4v) is 5.44. The molecule has 2 fully saturated rings. The Bertz CT molecular complexity index is 954. The van der Waals surface area contributed by atoms with Crippen LogP contribution in [0.1, 0.15) is 19.8 Å². The van der Waals surface area contributed by atoms with Crippen LogP contribution >= 0.6 is 0 Å². The van der Waals surface area contributed by atoms with Crippen LogP contribution in [0.2, 0.25) is 0 Å². The average Bonchev–Trinajstić information content (AvgIpc) is 2.94. The van der Waals surface area contributed by atoms with E-state index >= 15 is 0 Å². The highest BCUT2D eigenvalue weighted by atomic mass is 16.7. The van der Waals surface area contributed by atoms with Crippen LogP contribution < -0.4 is 21.3 Å². The van der Waals surface area contributed by atoms with Gasteiger partial charge >= 0.3 is 0 Å². The fourth-order valence-electron chi connectivity index (χ4n) is 5.44. The molecule has 3 aliphatic rings. The van der Waals surface area contributed by atoms with E-state index in [0.717, 1.165) is 4.90 Å². The summed E-state index contributed by atoms with van der Waals surface area (Å²) in [6.45, 7) is 1.08. The third-order valence-corrected chi connectivity index (χ3v) is 7.34. The van der Waals surface area contributed by atoms with Crippen molar-refractivity contribution in [3.05, 3.63) is 11.8 Å². The summed E-state index contributed by atoms with van der Waals surface area (Å²) in [4.78, 5) is 57.3. The summed E-state index contributed by atoms with van der Waals surface area (Å²) < 4.78 is 23.4. The molecule has 0 radical (unpaired) electrons. The Balaban J connectivity index is 1.87. The van der Waals surface area contributed by atoms with Gasteiger partial charge in [0.15, 0.2) is 6.29 Å². The summed E-state index contributed by atoms with van der Waals surface area (Å²) in [5.41, 5.74) is -1.63. The number of hydrogen-bond donors (Lipinski definition) is 7. The van der Waals surface area contributed by atoms with Gasteiger partial charge in [-0.2, -0.15) is 0 Å². The maximum atomic E-state index is 11.5. The molecular formula is C24H37N5O12. The van der Waals surface area contributed by atoms with Gasteiger partial charge in [-0.25, -0.2) is 0 Å². The van der Waals surface area contributed by atoms with Crippen molar-refractivity contribution in [1.82, 2.24) is 26.2 Å². The zero-order chi connectivity index (χ0) is 30.2. The van der Waals surface area contributed by atoms with Crippen molar-refractivity contribution in [3.63, 3.8) is 0 Å². The van der Waals surface area contributed by atoms with Crippen LogP contribution in [-0.2, 0) is 42.9 Å². The number of rotatable bonds is 15. The lowest BCUT2D eigenvalue weighted by atomic mass is 9.83. The molecule has 2 aliphatic heterocycles. The minimum Gasteiger partial charge on any atom is -0.465 e. The van der Waals surface area contributed by atoms with Gasteiger partial charge in [-0.05, 0) is 25.8 Å². The smallest absolute Gasteiger partial charge is 0.220 e. The third-order valence-electron chi connectivity index (χ3n) is 7.34. The van der Waals surface area contributed by atoms with Gasteiger partial charge in [-0.1, -0.05) is 0 Å². The fraction of sp³-hybridized carbons (Fsp3) is 0.708. The zero-order valence-electron chi connectivity index (χ0n) is 22.5. The molecule has 0 bridgehead atoms. The standard InChI is InChI=1S/C24H37N5O12/c1-24(37)7-38-23(18(36)21(24)29(2)12-34)41-20-16(28-11-33)5-15(27-10-32)19(17(20)35)40-22-14(26-9-31)4-3-13(39-22)6-25-8-30/h3,8-12,14-23,35-37H,4-7H2,1-2H3,(H,25,30)(H,26,31)(H,27,32)(H,28,33)/t14-,15+,16-,17+,18-,19-,20+,21-,22-,23-,24+/m1/s1. The summed E-state index contributed by atoms with van der Waals surface area (Å²) in [5, 5.41) is 43.3. The van der Waals surface area contributed by atoms with Crippen LogP contribution in [0.15, 0.2) is 11.8 Å². The lowest BCUT2D eigenvalue weighted by Crippen LogP contribution is -2.69. The highest BCUT2D eigenvalue weighted by molar-refractivity contribution is 5.49. The monoisotopic (exact) mass is 587 g/mol. The Hall–Kier alpha value is -3.35. The van der Waals surface area contributed by atoms with Crippen LogP contribution in [0.3, 0.4) is 0 Å². The van der Waals surface area contributed by atoms with Crippen molar-refractivity contribution in [2.45, 2.75) is 86.5 Å². The lowest BCUT2D eigenvalue weighted by molar-refractivity contribution is -0.311. The summed E-state index contributed by atoms with van der Waals surface area (Å²) in [5.74, 6) is 0.334. The van der Waals surface area contributed by atoms with Crippen LogP contribution in [0.5, 0.6) is 0 Å². The van der Waals surface area contributed by atoms with Crippen molar-refractivity contribution >= 4 is 32.1 Å². The highest BCUT2D eigenvalue weighted by Crippen LogP contribution is 2.33.